The molecule has 0 unspecified atom stereocenters. The fraction of sp³-hybridized carbons (Fsp3) is 0.438. The van der Waals surface area contributed by atoms with Crippen LogP contribution in [0.1, 0.15) is 26.2 Å². The molecule has 0 radical (unpaired) electrons. The number of hydrogen-bond donors (Lipinski definition) is 3. The van der Waals surface area contributed by atoms with E-state index in [0.29, 0.717) is 30.9 Å². The number of carbonyl (C=O) groups excluding carboxylic acids is 3. The van der Waals surface area contributed by atoms with Crippen LogP contribution in [0.3, 0.4) is 0 Å². The first kappa shape index (κ1) is 16.8. The summed E-state index contributed by atoms with van der Waals surface area (Å²) in [5.41, 5.74) is 1.23. The summed E-state index contributed by atoms with van der Waals surface area (Å²) in [5, 5.41) is 8.12. The molecule has 1 aliphatic rings. The monoisotopic (exact) mass is 318 g/mol. The predicted molar refractivity (Wildman–Crippen MR) is 88.2 cm³/mol. The molecule has 1 saturated heterocycles. The Labute approximate surface area is 135 Å². The van der Waals surface area contributed by atoms with Crippen molar-refractivity contribution < 1.29 is 14.4 Å². The first-order valence-electron chi connectivity index (χ1n) is 7.75. The number of anilines is 2. The molecule has 1 heterocycles. The molecule has 124 valence electrons. The highest BCUT2D eigenvalue weighted by molar-refractivity contribution is 5.92. The molecule has 0 saturated carbocycles. The van der Waals surface area contributed by atoms with Crippen LogP contribution in [0.4, 0.5) is 16.2 Å². The SMILES string of the molecule is CC(=O)Nc1cccc(NC(=O)NCCCN2CCCC2=O)c1. The highest BCUT2D eigenvalue weighted by Gasteiger charge is 2.18. The van der Waals surface area contributed by atoms with Crippen LogP contribution < -0.4 is 16.0 Å². The summed E-state index contributed by atoms with van der Waals surface area (Å²) in [6.45, 7) is 3.43. The summed E-state index contributed by atoms with van der Waals surface area (Å²) in [7, 11) is 0. The van der Waals surface area contributed by atoms with E-state index in [4.69, 9.17) is 0 Å². The van der Waals surface area contributed by atoms with Gasteiger partial charge in [0.25, 0.3) is 0 Å². The number of likely N-dealkylation sites (tertiary alicyclic amines) is 1. The molecule has 1 fully saturated rings. The van der Waals surface area contributed by atoms with Gasteiger partial charge in [-0.2, -0.15) is 0 Å². The van der Waals surface area contributed by atoms with Gasteiger partial charge in [0, 0.05) is 44.4 Å². The van der Waals surface area contributed by atoms with E-state index >= 15 is 0 Å². The molecule has 7 nitrogen and oxygen atoms in total. The molecule has 0 atom stereocenters. The van der Waals surface area contributed by atoms with Gasteiger partial charge in [-0.1, -0.05) is 6.07 Å². The van der Waals surface area contributed by atoms with Gasteiger partial charge in [0.05, 0.1) is 0 Å². The maximum atomic E-state index is 11.8. The van der Waals surface area contributed by atoms with E-state index in [9.17, 15) is 14.4 Å². The molecule has 0 aromatic heterocycles. The minimum atomic E-state index is -0.308. The largest absolute Gasteiger partial charge is 0.343 e. The third-order valence-electron chi connectivity index (χ3n) is 3.50. The minimum Gasteiger partial charge on any atom is -0.343 e. The van der Waals surface area contributed by atoms with Crippen molar-refractivity contribution in [3.8, 4) is 0 Å². The topological polar surface area (TPSA) is 90.5 Å². The summed E-state index contributed by atoms with van der Waals surface area (Å²) < 4.78 is 0. The average Bonchev–Trinajstić information content (AvgIpc) is 2.89. The van der Waals surface area contributed by atoms with Gasteiger partial charge in [0.1, 0.15) is 0 Å². The second-order valence-corrected chi connectivity index (χ2v) is 5.48. The van der Waals surface area contributed by atoms with Crippen LogP contribution in [0.25, 0.3) is 0 Å². The van der Waals surface area contributed by atoms with E-state index in [0.717, 1.165) is 19.4 Å². The highest BCUT2D eigenvalue weighted by Crippen LogP contribution is 2.14. The van der Waals surface area contributed by atoms with Crippen molar-refractivity contribution >= 4 is 29.2 Å². The van der Waals surface area contributed by atoms with Crippen LogP contribution in [0.15, 0.2) is 24.3 Å². The van der Waals surface area contributed by atoms with Gasteiger partial charge in [-0.25, -0.2) is 4.79 Å². The summed E-state index contributed by atoms with van der Waals surface area (Å²) in [5.74, 6) is 0.0345. The lowest BCUT2D eigenvalue weighted by Gasteiger charge is -2.15. The first-order valence-corrected chi connectivity index (χ1v) is 7.75. The summed E-state index contributed by atoms with van der Waals surface area (Å²) in [6.07, 6.45) is 2.29. The van der Waals surface area contributed by atoms with E-state index in [-0.39, 0.29) is 17.8 Å². The number of nitrogens with one attached hydrogen (secondary N) is 3. The van der Waals surface area contributed by atoms with Gasteiger partial charge >= 0.3 is 6.03 Å². The maximum Gasteiger partial charge on any atom is 0.319 e. The fourth-order valence-electron chi connectivity index (χ4n) is 2.47. The molecule has 0 spiro atoms. The Balaban J connectivity index is 1.70. The van der Waals surface area contributed by atoms with Gasteiger partial charge in [0.2, 0.25) is 11.8 Å². The zero-order valence-electron chi connectivity index (χ0n) is 13.2. The van der Waals surface area contributed by atoms with Crippen molar-refractivity contribution in [2.24, 2.45) is 0 Å². The number of carbonyl (C=O) groups is 3. The van der Waals surface area contributed by atoms with E-state index < -0.39 is 0 Å². The Morgan fingerprint density at radius 1 is 1.22 bits per heavy atom. The van der Waals surface area contributed by atoms with Crippen LogP contribution >= 0.6 is 0 Å². The van der Waals surface area contributed by atoms with Crippen LogP contribution in [0, 0.1) is 0 Å². The van der Waals surface area contributed by atoms with Gasteiger partial charge in [-0.15, -0.1) is 0 Å². The molecule has 2 rings (SSSR count). The molecule has 1 aromatic carbocycles. The molecule has 0 bridgehead atoms. The van der Waals surface area contributed by atoms with Gasteiger partial charge < -0.3 is 20.9 Å². The molecule has 3 N–H and O–H groups in total. The smallest absolute Gasteiger partial charge is 0.319 e. The summed E-state index contributed by atoms with van der Waals surface area (Å²) >= 11 is 0. The predicted octanol–water partition coefficient (Wildman–Crippen LogP) is 1.78. The molecule has 1 aromatic rings. The Kier molecular flexibility index (Phi) is 5.96. The van der Waals surface area contributed by atoms with E-state index in [2.05, 4.69) is 16.0 Å². The Bertz CT molecular complexity index is 588. The van der Waals surface area contributed by atoms with Crippen molar-refractivity contribution in [1.29, 1.82) is 0 Å². The highest BCUT2D eigenvalue weighted by atomic mass is 16.2. The Morgan fingerprint density at radius 3 is 2.61 bits per heavy atom. The van der Waals surface area contributed by atoms with E-state index in [1.165, 1.54) is 6.92 Å². The zero-order valence-corrected chi connectivity index (χ0v) is 13.2. The Morgan fingerprint density at radius 2 is 1.96 bits per heavy atom. The van der Waals surface area contributed by atoms with Gasteiger partial charge in [-0.3, -0.25) is 9.59 Å². The van der Waals surface area contributed by atoms with Crippen molar-refractivity contribution in [2.45, 2.75) is 26.2 Å². The number of benzene rings is 1. The third kappa shape index (κ3) is 5.61. The summed E-state index contributed by atoms with van der Waals surface area (Å²) in [4.78, 5) is 36.1. The maximum absolute atomic E-state index is 11.8. The van der Waals surface area contributed by atoms with Gasteiger partial charge in [-0.05, 0) is 31.0 Å². The van der Waals surface area contributed by atoms with E-state index in [1.54, 1.807) is 24.3 Å². The van der Waals surface area contributed by atoms with Crippen molar-refractivity contribution in [3.05, 3.63) is 24.3 Å². The van der Waals surface area contributed by atoms with Crippen LogP contribution in [0.5, 0.6) is 0 Å². The normalized spacial score (nSPS) is 13.8. The number of rotatable bonds is 6. The third-order valence-corrected chi connectivity index (χ3v) is 3.50. The quantitative estimate of drug-likeness (QED) is 0.698. The standard InChI is InChI=1S/C16H22N4O3/c1-12(21)18-13-5-2-6-14(11-13)19-16(23)17-8-4-10-20-9-3-7-15(20)22/h2,5-6,11H,3-4,7-10H2,1H3,(H,18,21)(H2,17,19,23). The fourth-order valence-corrected chi connectivity index (χ4v) is 2.47. The molecule has 23 heavy (non-hydrogen) atoms. The lowest BCUT2D eigenvalue weighted by atomic mass is 10.2. The number of urea groups is 1. The minimum absolute atomic E-state index is 0.164. The van der Waals surface area contributed by atoms with E-state index in [1.807, 2.05) is 4.90 Å². The molecular formula is C16H22N4O3. The second-order valence-electron chi connectivity index (χ2n) is 5.48. The first-order chi connectivity index (χ1) is 11.0. The lowest BCUT2D eigenvalue weighted by Crippen LogP contribution is -2.33. The molecule has 4 amide bonds. The molecular weight excluding hydrogens is 296 g/mol. The lowest BCUT2D eigenvalue weighted by molar-refractivity contribution is -0.127. The van der Waals surface area contributed by atoms with Gasteiger partial charge in [0.15, 0.2) is 0 Å². The number of amides is 4. The van der Waals surface area contributed by atoms with Crippen LogP contribution in [0.2, 0.25) is 0 Å². The van der Waals surface area contributed by atoms with Crippen LogP contribution in [-0.2, 0) is 9.59 Å². The average molecular weight is 318 g/mol. The Hall–Kier alpha value is -2.57. The molecule has 0 aliphatic carbocycles. The molecule has 7 heteroatoms. The second kappa shape index (κ2) is 8.17. The van der Waals surface area contributed by atoms with Crippen molar-refractivity contribution in [3.63, 3.8) is 0 Å². The number of nitrogens with zero attached hydrogens (tertiary/aromatic N) is 1. The van der Waals surface area contributed by atoms with Crippen molar-refractivity contribution in [1.82, 2.24) is 10.2 Å². The molecule has 1 aliphatic heterocycles. The van der Waals surface area contributed by atoms with Crippen molar-refractivity contribution in [2.75, 3.05) is 30.3 Å². The number of hydrogen-bond acceptors (Lipinski definition) is 3. The zero-order chi connectivity index (χ0) is 16.7. The summed E-state index contributed by atoms with van der Waals surface area (Å²) in [6, 6.07) is 6.62. The van der Waals surface area contributed by atoms with Crippen LogP contribution in [-0.4, -0.2) is 42.4 Å².